The number of halogens is 3. The topological polar surface area (TPSA) is 110 Å². The van der Waals surface area contributed by atoms with Gasteiger partial charge in [-0.25, -0.2) is 0 Å². The maximum Gasteiger partial charge on any atom is 0.573 e. The van der Waals surface area contributed by atoms with Crippen LogP contribution in [0.5, 0.6) is 23.0 Å². The van der Waals surface area contributed by atoms with E-state index in [1.165, 1.54) is 6.92 Å². The number of hydrogen-bond acceptors (Lipinski definition) is 7. The van der Waals surface area contributed by atoms with E-state index in [1.807, 2.05) is 12.1 Å². The van der Waals surface area contributed by atoms with E-state index in [-0.39, 0.29) is 30.3 Å². The zero-order valence-corrected chi connectivity index (χ0v) is 19.4. The molecule has 0 aliphatic carbocycles. The minimum atomic E-state index is -4.86. The highest BCUT2D eigenvalue weighted by molar-refractivity contribution is 6.62. The van der Waals surface area contributed by atoms with E-state index in [9.17, 15) is 28.3 Å². The van der Waals surface area contributed by atoms with E-state index in [0.29, 0.717) is 16.8 Å². The first-order valence-corrected chi connectivity index (χ1v) is 11.0. The van der Waals surface area contributed by atoms with Crippen molar-refractivity contribution in [2.24, 2.45) is 0 Å². The fraction of sp³-hybridized carbons (Fsp3) is 0.200. The fourth-order valence-corrected chi connectivity index (χ4v) is 3.54. The number of alkyl halides is 3. The molecule has 1 unspecified atom stereocenters. The van der Waals surface area contributed by atoms with Crippen molar-refractivity contribution in [1.82, 2.24) is 5.32 Å². The average Bonchev–Trinajstić information content (AvgIpc) is 3.24. The Bertz CT molecular complexity index is 1310. The highest BCUT2D eigenvalue weighted by Crippen LogP contribution is 2.34. The SMILES string of the molecule is CC(C#N)(COc1ccc2c(c1Oc1ccccc1)B(O)OC2)NC(=O)c1ccc(OC(F)(F)F)cc1. The molecule has 0 fully saturated rings. The number of rotatable bonds is 8. The van der Waals surface area contributed by atoms with Crippen LogP contribution in [0.3, 0.4) is 0 Å². The van der Waals surface area contributed by atoms with Gasteiger partial charge in [0.25, 0.3) is 5.91 Å². The number of nitrogens with zero attached hydrogens (tertiary/aromatic N) is 1. The summed E-state index contributed by atoms with van der Waals surface area (Å²) < 4.78 is 58.0. The predicted octanol–water partition coefficient (Wildman–Crippen LogP) is 3.69. The predicted molar refractivity (Wildman–Crippen MR) is 125 cm³/mol. The number of amides is 1. The first-order valence-electron chi connectivity index (χ1n) is 11.0. The number of nitriles is 1. The van der Waals surface area contributed by atoms with Gasteiger partial charge in [-0.2, -0.15) is 5.26 Å². The molecule has 190 valence electrons. The second kappa shape index (κ2) is 10.4. The second-order valence-corrected chi connectivity index (χ2v) is 8.30. The molecule has 3 aromatic carbocycles. The Labute approximate surface area is 210 Å². The smallest absolute Gasteiger partial charge is 0.486 e. The van der Waals surface area contributed by atoms with Crippen LogP contribution in [0, 0.1) is 11.3 Å². The van der Waals surface area contributed by atoms with Crippen molar-refractivity contribution < 1.29 is 41.9 Å². The van der Waals surface area contributed by atoms with Gasteiger partial charge in [0.1, 0.15) is 18.1 Å². The van der Waals surface area contributed by atoms with Crippen LogP contribution in [0.4, 0.5) is 13.2 Å². The summed E-state index contributed by atoms with van der Waals surface area (Å²) in [6, 6.07) is 18.4. The van der Waals surface area contributed by atoms with E-state index in [1.54, 1.807) is 36.4 Å². The molecule has 8 nitrogen and oxygen atoms in total. The molecule has 1 amide bonds. The third-order valence-electron chi connectivity index (χ3n) is 5.36. The summed E-state index contributed by atoms with van der Waals surface area (Å²) in [6.45, 7) is 1.29. The average molecular weight is 512 g/mol. The molecule has 0 radical (unpaired) electrons. The van der Waals surface area contributed by atoms with Gasteiger partial charge in [0.05, 0.1) is 12.7 Å². The van der Waals surface area contributed by atoms with Gasteiger partial charge in [0, 0.05) is 11.0 Å². The molecular weight excluding hydrogens is 492 g/mol. The number of fused-ring (bicyclic) bond motifs is 1. The molecule has 0 saturated carbocycles. The van der Waals surface area contributed by atoms with Crippen LogP contribution in [-0.4, -0.2) is 36.6 Å². The van der Waals surface area contributed by atoms with Crippen LogP contribution in [0.25, 0.3) is 0 Å². The van der Waals surface area contributed by atoms with Crippen molar-refractivity contribution in [2.75, 3.05) is 6.61 Å². The number of para-hydroxylation sites is 1. The Hall–Kier alpha value is -4.21. The second-order valence-electron chi connectivity index (χ2n) is 8.30. The third-order valence-corrected chi connectivity index (χ3v) is 5.36. The number of ether oxygens (including phenoxy) is 3. The van der Waals surface area contributed by atoms with E-state index >= 15 is 0 Å². The van der Waals surface area contributed by atoms with Gasteiger partial charge < -0.3 is 29.2 Å². The lowest BCUT2D eigenvalue weighted by Crippen LogP contribution is -2.49. The Kier molecular flexibility index (Phi) is 7.29. The maximum atomic E-state index is 12.7. The zero-order valence-electron chi connectivity index (χ0n) is 19.4. The molecule has 0 saturated heterocycles. The van der Waals surface area contributed by atoms with Crippen molar-refractivity contribution >= 4 is 18.5 Å². The molecule has 0 aromatic heterocycles. The zero-order chi connectivity index (χ0) is 26.6. The molecule has 37 heavy (non-hydrogen) atoms. The normalized spacial score (nSPS) is 14.2. The largest absolute Gasteiger partial charge is 0.573 e. The van der Waals surface area contributed by atoms with Crippen LogP contribution in [0.1, 0.15) is 22.8 Å². The standard InChI is InChI=1S/C25H20BF3N2O6/c1-24(14-30,31-23(32)16-7-10-19(11-8-16)37-25(27,28)29)15-34-20-12-9-17-13-35-26(33)21(17)22(20)36-18-5-3-2-4-6-18/h2-12,33H,13,15H2,1H3,(H,31,32). The molecule has 12 heteroatoms. The van der Waals surface area contributed by atoms with Gasteiger partial charge >= 0.3 is 13.5 Å². The molecule has 4 rings (SSSR count). The highest BCUT2D eigenvalue weighted by Gasteiger charge is 2.35. The molecule has 3 aromatic rings. The van der Waals surface area contributed by atoms with E-state index in [0.717, 1.165) is 24.3 Å². The highest BCUT2D eigenvalue weighted by atomic mass is 19.4. The number of hydrogen-bond donors (Lipinski definition) is 2. The van der Waals surface area contributed by atoms with E-state index in [4.69, 9.17) is 14.1 Å². The monoisotopic (exact) mass is 512 g/mol. The minimum Gasteiger partial charge on any atom is -0.486 e. The van der Waals surface area contributed by atoms with Crippen LogP contribution in [-0.2, 0) is 11.3 Å². The lowest BCUT2D eigenvalue weighted by Gasteiger charge is -2.25. The van der Waals surface area contributed by atoms with Crippen molar-refractivity contribution in [3.8, 4) is 29.1 Å². The van der Waals surface area contributed by atoms with Gasteiger partial charge in [-0.05, 0) is 55.0 Å². The summed E-state index contributed by atoms with van der Waals surface area (Å²) in [7, 11) is -1.23. The lowest BCUT2D eigenvalue weighted by atomic mass is 9.78. The molecule has 1 aliphatic heterocycles. The maximum absolute atomic E-state index is 12.7. The van der Waals surface area contributed by atoms with Gasteiger partial charge in [0.15, 0.2) is 17.0 Å². The summed E-state index contributed by atoms with van der Waals surface area (Å²) in [6.07, 6.45) is -4.86. The minimum absolute atomic E-state index is 0.0156. The van der Waals surface area contributed by atoms with Gasteiger partial charge in [-0.15, -0.1) is 13.2 Å². The van der Waals surface area contributed by atoms with Crippen molar-refractivity contribution in [3.63, 3.8) is 0 Å². The van der Waals surface area contributed by atoms with E-state index in [2.05, 4.69) is 10.1 Å². The molecule has 2 N–H and O–H groups in total. The Morgan fingerprint density at radius 3 is 2.46 bits per heavy atom. The summed E-state index contributed by atoms with van der Waals surface area (Å²) in [5.41, 5.74) is -0.414. The van der Waals surface area contributed by atoms with Gasteiger partial charge in [0.2, 0.25) is 0 Å². The van der Waals surface area contributed by atoms with Gasteiger partial charge in [-0.3, -0.25) is 4.79 Å². The van der Waals surface area contributed by atoms with Crippen LogP contribution in [0.15, 0.2) is 66.7 Å². The van der Waals surface area contributed by atoms with Crippen LogP contribution < -0.4 is 25.0 Å². The summed E-state index contributed by atoms with van der Waals surface area (Å²) >= 11 is 0. The molecule has 0 bridgehead atoms. The fourth-order valence-electron chi connectivity index (χ4n) is 3.54. The molecular formula is C25H20BF3N2O6. The first kappa shape index (κ1) is 25.9. The molecule has 1 atom stereocenters. The summed E-state index contributed by atoms with van der Waals surface area (Å²) in [5, 5.41) is 22.6. The van der Waals surface area contributed by atoms with Crippen molar-refractivity contribution in [3.05, 3.63) is 77.9 Å². The summed E-state index contributed by atoms with van der Waals surface area (Å²) in [5.74, 6) is -0.292. The van der Waals surface area contributed by atoms with Crippen LogP contribution >= 0.6 is 0 Å². The van der Waals surface area contributed by atoms with Crippen molar-refractivity contribution in [1.29, 1.82) is 5.26 Å². The Morgan fingerprint density at radius 1 is 1.11 bits per heavy atom. The molecule has 1 heterocycles. The number of carbonyl (C=O) groups excluding carboxylic acids is 1. The number of carbonyl (C=O) groups is 1. The Balaban J connectivity index is 1.50. The quantitative estimate of drug-likeness (QED) is 0.443. The Morgan fingerprint density at radius 2 is 1.81 bits per heavy atom. The first-order chi connectivity index (χ1) is 17.6. The van der Waals surface area contributed by atoms with Crippen LogP contribution in [0.2, 0.25) is 0 Å². The summed E-state index contributed by atoms with van der Waals surface area (Å²) in [4.78, 5) is 12.7. The molecule has 0 spiro atoms. The van der Waals surface area contributed by atoms with Gasteiger partial charge in [-0.1, -0.05) is 24.3 Å². The third kappa shape index (κ3) is 6.33. The lowest BCUT2D eigenvalue weighted by molar-refractivity contribution is -0.274. The molecule has 1 aliphatic rings. The van der Waals surface area contributed by atoms with Crippen molar-refractivity contribution in [2.45, 2.75) is 25.4 Å². The number of benzene rings is 3. The van der Waals surface area contributed by atoms with E-state index < -0.39 is 30.7 Å². The number of nitrogens with one attached hydrogen (secondary N) is 1.